The van der Waals surface area contributed by atoms with E-state index in [2.05, 4.69) is 58.9 Å². The van der Waals surface area contributed by atoms with Crippen LogP contribution in [0, 0.1) is 0 Å². The van der Waals surface area contributed by atoms with Gasteiger partial charge in [-0.3, -0.25) is 0 Å². The van der Waals surface area contributed by atoms with E-state index in [-0.39, 0.29) is 0 Å². The first-order chi connectivity index (χ1) is 2.00. The second-order valence-corrected chi connectivity index (χ2v) is 36.5. The van der Waals surface area contributed by atoms with Gasteiger partial charge in [-0.05, 0) is 0 Å². The van der Waals surface area contributed by atoms with Crippen LogP contribution in [0.25, 0.3) is 0 Å². The van der Waals surface area contributed by atoms with Gasteiger partial charge in [0.1, 0.15) is 0 Å². The van der Waals surface area contributed by atoms with Gasteiger partial charge < -0.3 is 0 Å². The lowest BCUT2D eigenvalue weighted by atomic mass is 27.9. The average Bonchev–Trinajstić information content (AvgIpc) is 0.722. The van der Waals surface area contributed by atoms with Crippen LogP contribution in [0.5, 0.6) is 0 Å². The minimum Gasteiger partial charge on any atom is -0.125 e. The summed E-state index contributed by atoms with van der Waals surface area (Å²) in [5, 5.41) is 0. The van der Waals surface area contributed by atoms with Gasteiger partial charge in [-0.1, -0.05) is 58.9 Å². The third kappa shape index (κ3) is 21.3. The van der Waals surface area contributed by atoms with Crippen molar-refractivity contribution in [2.75, 3.05) is 0 Å². The van der Waals surface area contributed by atoms with E-state index >= 15 is 0 Å². The molecule has 0 aliphatic carbocycles. The molecule has 0 saturated carbocycles. The van der Waals surface area contributed by atoms with Crippen LogP contribution in [-0.4, -0.2) is 0.996 Å². The SMILES string of the molecule is Cl[Si](Br)(I)I. The maximum absolute atomic E-state index is 5.56. The zero-order chi connectivity index (χ0) is 4.50. The monoisotopic (exact) mass is 396 g/mol. The fourth-order valence-electron chi connectivity index (χ4n) is 0. The fourth-order valence-corrected chi connectivity index (χ4v) is 0. The minimum absolute atomic E-state index is 1.39. The van der Waals surface area contributed by atoms with Crippen molar-refractivity contribution in [1.82, 2.24) is 0 Å². The molecule has 0 nitrogen and oxygen atoms in total. The molecular weight excluding hydrogens is 397 g/mol. The maximum atomic E-state index is 5.56. The van der Waals surface area contributed by atoms with E-state index < -0.39 is 0.996 Å². The molecule has 0 N–H and O–H groups in total. The molecular formula is BrClI2Si. The van der Waals surface area contributed by atoms with Crippen molar-refractivity contribution in [2.24, 2.45) is 0 Å². The molecule has 32 valence electrons. The number of hydrogen-bond acceptors (Lipinski definition) is 0. The summed E-state index contributed by atoms with van der Waals surface area (Å²) in [4.78, 5) is 0. The number of halogens is 4. The van der Waals surface area contributed by atoms with Crippen molar-refractivity contribution >= 4 is 71.0 Å². The Kier molecular flexibility index (Phi) is 3.99. The number of rotatable bonds is 0. The van der Waals surface area contributed by atoms with Crippen molar-refractivity contribution in [1.29, 1.82) is 0 Å². The van der Waals surface area contributed by atoms with E-state index in [1.54, 1.807) is 0 Å². The topological polar surface area (TPSA) is 0 Å². The first-order valence-electron chi connectivity index (χ1n) is 0.756. The largest absolute Gasteiger partial charge is 0.351 e. The Bertz CT molecular complexity index is 25.1. The fraction of sp³-hybridized carbons (Fsp3) is 0. The van der Waals surface area contributed by atoms with Crippen LogP contribution < -0.4 is 0 Å². The maximum Gasteiger partial charge on any atom is 0.351 e. The predicted octanol–water partition coefficient (Wildman–Crippen LogP) is 2.93. The van der Waals surface area contributed by atoms with Crippen molar-refractivity contribution in [3.63, 3.8) is 0 Å². The third-order valence-corrected chi connectivity index (χ3v) is 0. The van der Waals surface area contributed by atoms with Crippen LogP contribution in [-0.2, 0) is 0 Å². The van der Waals surface area contributed by atoms with Gasteiger partial charge in [0.2, 0.25) is 0 Å². The summed E-state index contributed by atoms with van der Waals surface area (Å²) < 4.78 is -1.39. The molecule has 0 saturated heterocycles. The van der Waals surface area contributed by atoms with Gasteiger partial charge in [-0.2, -0.15) is 0 Å². The quantitative estimate of drug-likeness (QED) is 0.335. The lowest BCUT2D eigenvalue weighted by Crippen LogP contribution is -1.87. The summed E-state index contributed by atoms with van der Waals surface area (Å²) in [7, 11) is 0. The van der Waals surface area contributed by atoms with Gasteiger partial charge >= 0.3 is 0.996 Å². The minimum atomic E-state index is -1.39. The average molecular weight is 397 g/mol. The molecule has 0 heterocycles. The molecule has 0 aromatic rings. The molecule has 0 aromatic carbocycles. The van der Waals surface area contributed by atoms with E-state index in [9.17, 15) is 0 Å². The molecule has 0 aromatic heterocycles. The Morgan fingerprint density at radius 3 is 1.60 bits per heavy atom. The van der Waals surface area contributed by atoms with Crippen LogP contribution in [0.2, 0.25) is 0 Å². The van der Waals surface area contributed by atoms with Crippen LogP contribution in [0.3, 0.4) is 0 Å². The summed E-state index contributed by atoms with van der Waals surface area (Å²) in [6, 6.07) is 0. The molecule has 0 aliphatic rings. The van der Waals surface area contributed by atoms with Gasteiger partial charge in [0.25, 0.3) is 0 Å². The summed E-state index contributed by atoms with van der Waals surface area (Å²) in [5.41, 5.74) is 0. The second-order valence-electron chi connectivity index (χ2n) is 0.429. The Balaban J connectivity index is 3.02. The van der Waals surface area contributed by atoms with Gasteiger partial charge in [0, 0.05) is 0 Å². The van der Waals surface area contributed by atoms with Crippen LogP contribution in [0.4, 0.5) is 0 Å². The smallest absolute Gasteiger partial charge is 0.125 e. The summed E-state index contributed by atoms with van der Waals surface area (Å²) in [6.45, 7) is 0. The van der Waals surface area contributed by atoms with E-state index in [0.29, 0.717) is 0 Å². The standard InChI is InChI=1S/BrClI2Si/c1-5(2,3)4. The molecule has 0 aliphatic heterocycles. The molecule has 0 amide bonds. The first-order valence-corrected chi connectivity index (χ1v) is 12.3. The molecule has 0 fully saturated rings. The third-order valence-electron chi connectivity index (χ3n) is 0. The molecule has 0 atom stereocenters. The van der Waals surface area contributed by atoms with E-state index in [4.69, 9.17) is 11.1 Å². The zero-order valence-electron chi connectivity index (χ0n) is 2.01. The lowest BCUT2D eigenvalue weighted by Gasteiger charge is -1.88. The Morgan fingerprint density at radius 1 is 1.60 bits per heavy atom. The first kappa shape index (κ1) is 7.45. The molecule has 0 rings (SSSR count). The Labute approximate surface area is 69.8 Å². The van der Waals surface area contributed by atoms with Crippen molar-refractivity contribution in [2.45, 2.75) is 0 Å². The highest BCUT2D eigenvalue weighted by Gasteiger charge is 2.14. The van der Waals surface area contributed by atoms with E-state index in [1.807, 2.05) is 0 Å². The highest BCUT2D eigenvalue weighted by atomic mass is 127. The second kappa shape index (κ2) is 2.68. The molecule has 0 radical (unpaired) electrons. The van der Waals surface area contributed by atoms with Crippen LogP contribution >= 0.6 is 70.0 Å². The van der Waals surface area contributed by atoms with Crippen molar-refractivity contribution < 1.29 is 0 Å². The lowest BCUT2D eigenvalue weighted by molar-refractivity contribution is 4.55. The molecule has 0 unspecified atom stereocenters. The Hall–Kier alpha value is 2.45. The number of hydrogen-bond donors (Lipinski definition) is 0. The van der Waals surface area contributed by atoms with Gasteiger partial charge in [-0.25, -0.2) is 0 Å². The summed E-state index contributed by atoms with van der Waals surface area (Å²) in [6.07, 6.45) is 0. The van der Waals surface area contributed by atoms with Gasteiger partial charge in [0.15, 0.2) is 0 Å². The summed E-state index contributed by atoms with van der Waals surface area (Å²) in [5.74, 6) is 0. The Morgan fingerprint density at radius 2 is 1.60 bits per heavy atom. The van der Waals surface area contributed by atoms with Gasteiger partial charge in [0.05, 0.1) is 0 Å². The van der Waals surface area contributed by atoms with Crippen molar-refractivity contribution in [3.05, 3.63) is 0 Å². The van der Waals surface area contributed by atoms with E-state index in [0.717, 1.165) is 0 Å². The highest BCUT2D eigenvalue weighted by molar-refractivity contribution is 14.3. The highest BCUT2D eigenvalue weighted by Crippen LogP contribution is 2.32. The summed E-state index contributed by atoms with van der Waals surface area (Å²) >= 11 is 13.2. The van der Waals surface area contributed by atoms with Gasteiger partial charge in [-0.15, -0.1) is 11.1 Å². The van der Waals surface area contributed by atoms with Crippen LogP contribution in [0.15, 0.2) is 0 Å². The van der Waals surface area contributed by atoms with Crippen molar-refractivity contribution in [3.8, 4) is 0 Å². The van der Waals surface area contributed by atoms with E-state index in [1.165, 1.54) is 0 Å². The predicted molar refractivity (Wildman–Crippen MR) is 48.6 cm³/mol. The van der Waals surface area contributed by atoms with Crippen LogP contribution in [0.1, 0.15) is 0 Å². The molecule has 5 heteroatoms. The molecule has 5 heavy (non-hydrogen) atoms. The molecule has 0 spiro atoms. The molecule has 0 bridgehead atoms. The zero-order valence-corrected chi connectivity index (χ0v) is 9.67. The normalized spacial score (nSPS) is 12.0.